The molecule has 3 nitrogen and oxygen atoms in total. The molecular weight excluding hydrogens is 212 g/mol. The molecule has 96 valence electrons. The number of ether oxygens (including phenoxy) is 1. The van der Waals surface area contributed by atoms with Crippen LogP contribution in [0, 0.1) is 0 Å². The first-order chi connectivity index (χ1) is 7.93. The highest BCUT2D eigenvalue weighted by Gasteiger charge is 2.15. The molecular formula is C14H24N2O. The minimum atomic E-state index is 0.0230. The van der Waals surface area contributed by atoms with E-state index in [0.717, 1.165) is 17.9 Å². The fourth-order valence-electron chi connectivity index (χ4n) is 1.70. The van der Waals surface area contributed by atoms with Crippen LogP contribution in [0.3, 0.4) is 0 Å². The van der Waals surface area contributed by atoms with Crippen LogP contribution >= 0.6 is 0 Å². The van der Waals surface area contributed by atoms with Crippen molar-refractivity contribution in [1.29, 1.82) is 0 Å². The Hall–Kier alpha value is -1.22. The van der Waals surface area contributed by atoms with E-state index in [1.165, 1.54) is 0 Å². The molecule has 0 bridgehead atoms. The SMILES string of the molecule is CC(C)Oc1ccc(NC(C)(C)CCN)cc1. The van der Waals surface area contributed by atoms with Crippen molar-refractivity contribution < 1.29 is 4.74 Å². The Balaban J connectivity index is 2.62. The molecule has 0 atom stereocenters. The summed E-state index contributed by atoms with van der Waals surface area (Å²) in [6.07, 6.45) is 1.15. The van der Waals surface area contributed by atoms with E-state index in [0.29, 0.717) is 6.54 Å². The standard InChI is InChI=1S/C14H24N2O/c1-11(2)17-13-7-5-12(6-8-13)16-14(3,4)9-10-15/h5-8,11,16H,9-10,15H2,1-4H3. The predicted octanol–water partition coefficient (Wildman–Crippen LogP) is 3.01. The van der Waals surface area contributed by atoms with Gasteiger partial charge < -0.3 is 15.8 Å². The first-order valence-corrected chi connectivity index (χ1v) is 6.18. The summed E-state index contributed by atoms with van der Waals surface area (Å²) in [6, 6.07) is 8.05. The van der Waals surface area contributed by atoms with E-state index in [4.69, 9.17) is 10.5 Å². The zero-order chi connectivity index (χ0) is 12.9. The van der Waals surface area contributed by atoms with Crippen LogP contribution < -0.4 is 15.8 Å². The summed E-state index contributed by atoms with van der Waals surface area (Å²) in [4.78, 5) is 0. The van der Waals surface area contributed by atoms with Crippen molar-refractivity contribution in [2.45, 2.75) is 45.8 Å². The Morgan fingerprint density at radius 3 is 2.29 bits per heavy atom. The van der Waals surface area contributed by atoms with E-state index in [-0.39, 0.29) is 11.6 Å². The molecule has 0 unspecified atom stereocenters. The first-order valence-electron chi connectivity index (χ1n) is 6.18. The van der Waals surface area contributed by atoms with Crippen molar-refractivity contribution >= 4 is 5.69 Å². The largest absolute Gasteiger partial charge is 0.491 e. The van der Waals surface area contributed by atoms with Gasteiger partial charge >= 0.3 is 0 Å². The lowest BCUT2D eigenvalue weighted by Gasteiger charge is -2.27. The Labute approximate surface area is 104 Å². The number of nitrogens with one attached hydrogen (secondary N) is 1. The second-order valence-electron chi connectivity index (χ2n) is 5.24. The Morgan fingerprint density at radius 2 is 1.82 bits per heavy atom. The van der Waals surface area contributed by atoms with Crippen LogP contribution in [0.25, 0.3) is 0 Å². The average Bonchev–Trinajstić information content (AvgIpc) is 2.19. The van der Waals surface area contributed by atoms with Crippen LogP contribution in [-0.2, 0) is 0 Å². The van der Waals surface area contributed by atoms with Crippen LogP contribution in [0.15, 0.2) is 24.3 Å². The minimum absolute atomic E-state index is 0.0230. The number of hydrogen-bond acceptors (Lipinski definition) is 3. The second kappa shape index (κ2) is 5.92. The fraction of sp³-hybridized carbons (Fsp3) is 0.571. The maximum Gasteiger partial charge on any atom is 0.119 e. The Morgan fingerprint density at radius 1 is 1.24 bits per heavy atom. The molecule has 0 amide bonds. The van der Waals surface area contributed by atoms with Crippen molar-refractivity contribution in [3.63, 3.8) is 0 Å². The van der Waals surface area contributed by atoms with Gasteiger partial charge in [-0.1, -0.05) is 0 Å². The van der Waals surface area contributed by atoms with Crippen molar-refractivity contribution in [3.05, 3.63) is 24.3 Å². The third-order valence-electron chi connectivity index (χ3n) is 2.48. The third-order valence-corrected chi connectivity index (χ3v) is 2.48. The number of nitrogens with two attached hydrogens (primary N) is 1. The maximum absolute atomic E-state index is 5.60. The highest BCUT2D eigenvalue weighted by Crippen LogP contribution is 2.21. The molecule has 3 heteroatoms. The predicted molar refractivity (Wildman–Crippen MR) is 73.6 cm³/mol. The molecule has 0 radical (unpaired) electrons. The van der Waals surface area contributed by atoms with Crippen LogP contribution in [0.1, 0.15) is 34.1 Å². The van der Waals surface area contributed by atoms with Gasteiger partial charge in [-0.15, -0.1) is 0 Å². The van der Waals surface area contributed by atoms with E-state index >= 15 is 0 Å². The summed E-state index contributed by atoms with van der Waals surface area (Å²) in [6.45, 7) is 9.04. The van der Waals surface area contributed by atoms with Gasteiger partial charge in [0.2, 0.25) is 0 Å². The molecule has 0 saturated carbocycles. The van der Waals surface area contributed by atoms with Crippen LogP contribution in [0.2, 0.25) is 0 Å². The zero-order valence-electron chi connectivity index (χ0n) is 11.3. The van der Waals surface area contributed by atoms with Gasteiger partial charge in [0.15, 0.2) is 0 Å². The van der Waals surface area contributed by atoms with Gasteiger partial charge in [0, 0.05) is 11.2 Å². The molecule has 0 spiro atoms. The highest BCUT2D eigenvalue weighted by atomic mass is 16.5. The highest BCUT2D eigenvalue weighted by molar-refractivity contribution is 5.48. The van der Waals surface area contributed by atoms with Gasteiger partial charge in [-0.05, 0) is 64.9 Å². The molecule has 0 heterocycles. The normalized spacial score (nSPS) is 11.6. The van der Waals surface area contributed by atoms with E-state index in [1.54, 1.807) is 0 Å². The smallest absolute Gasteiger partial charge is 0.119 e. The number of hydrogen-bond donors (Lipinski definition) is 2. The van der Waals surface area contributed by atoms with Crippen molar-refractivity contribution in [2.75, 3.05) is 11.9 Å². The molecule has 0 aromatic heterocycles. The average molecular weight is 236 g/mol. The second-order valence-corrected chi connectivity index (χ2v) is 5.24. The van der Waals surface area contributed by atoms with E-state index < -0.39 is 0 Å². The summed E-state index contributed by atoms with van der Waals surface area (Å²) >= 11 is 0. The quantitative estimate of drug-likeness (QED) is 0.798. The Kier molecular flexibility index (Phi) is 4.82. The lowest BCUT2D eigenvalue weighted by atomic mass is 10.0. The molecule has 17 heavy (non-hydrogen) atoms. The summed E-state index contributed by atoms with van der Waals surface area (Å²) < 4.78 is 5.60. The molecule has 1 aromatic rings. The van der Waals surface area contributed by atoms with Crippen LogP contribution in [-0.4, -0.2) is 18.2 Å². The monoisotopic (exact) mass is 236 g/mol. The third kappa shape index (κ3) is 5.09. The van der Waals surface area contributed by atoms with Crippen LogP contribution in [0.4, 0.5) is 5.69 Å². The Bertz CT molecular complexity index is 331. The van der Waals surface area contributed by atoms with Crippen molar-refractivity contribution in [3.8, 4) is 5.75 Å². The summed E-state index contributed by atoms with van der Waals surface area (Å²) in [5.74, 6) is 0.905. The van der Waals surface area contributed by atoms with Gasteiger partial charge in [0.25, 0.3) is 0 Å². The molecule has 0 saturated heterocycles. The lowest BCUT2D eigenvalue weighted by molar-refractivity contribution is 0.242. The van der Waals surface area contributed by atoms with Crippen molar-refractivity contribution in [2.24, 2.45) is 5.73 Å². The van der Waals surface area contributed by atoms with Gasteiger partial charge in [-0.25, -0.2) is 0 Å². The van der Waals surface area contributed by atoms with E-state index in [2.05, 4.69) is 19.2 Å². The molecule has 0 aliphatic carbocycles. The maximum atomic E-state index is 5.60. The van der Waals surface area contributed by atoms with Gasteiger partial charge in [0.1, 0.15) is 5.75 Å². The molecule has 1 aromatic carbocycles. The lowest BCUT2D eigenvalue weighted by Crippen LogP contribution is -2.33. The van der Waals surface area contributed by atoms with Gasteiger partial charge in [-0.2, -0.15) is 0 Å². The molecule has 0 fully saturated rings. The van der Waals surface area contributed by atoms with Gasteiger partial charge in [-0.3, -0.25) is 0 Å². The van der Waals surface area contributed by atoms with Gasteiger partial charge in [0.05, 0.1) is 6.10 Å². The number of anilines is 1. The minimum Gasteiger partial charge on any atom is -0.491 e. The summed E-state index contributed by atoms with van der Waals surface area (Å²) in [7, 11) is 0. The molecule has 3 N–H and O–H groups in total. The van der Waals surface area contributed by atoms with Crippen molar-refractivity contribution in [1.82, 2.24) is 0 Å². The molecule has 0 aliphatic rings. The number of benzene rings is 1. The summed E-state index contributed by atoms with van der Waals surface area (Å²) in [5.41, 5.74) is 6.71. The zero-order valence-corrected chi connectivity index (χ0v) is 11.3. The molecule has 1 rings (SSSR count). The topological polar surface area (TPSA) is 47.3 Å². The molecule has 0 aliphatic heterocycles. The van der Waals surface area contributed by atoms with Crippen LogP contribution in [0.5, 0.6) is 5.75 Å². The van der Waals surface area contributed by atoms with E-state index in [1.807, 2.05) is 38.1 Å². The first kappa shape index (κ1) is 13.8. The summed E-state index contributed by atoms with van der Waals surface area (Å²) in [5, 5.41) is 3.46. The number of rotatable bonds is 6. The van der Waals surface area contributed by atoms with E-state index in [9.17, 15) is 0 Å². The fourth-order valence-corrected chi connectivity index (χ4v) is 1.70.